The molecular formula is Cl2NPd. The molecule has 0 aliphatic heterocycles. The van der Waals surface area contributed by atoms with E-state index in [-0.39, 0.29) is 0 Å². The van der Waals surface area contributed by atoms with Gasteiger partial charge in [0.05, 0.1) is 0 Å². The normalized spacial score (nSPS) is 9.25. The molecule has 29 valence electrons. The van der Waals surface area contributed by atoms with Gasteiger partial charge in [0, 0.05) is 0 Å². The van der Waals surface area contributed by atoms with Crippen LogP contribution >= 0.6 is 23.6 Å². The van der Waals surface area contributed by atoms with Crippen molar-refractivity contribution in [3.8, 4) is 0 Å². The van der Waals surface area contributed by atoms with Gasteiger partial charge in [-0.15, -0.1) is 0 Å². The molecule has 0 unspecified atom stereocenters. The Bertz CT molecular complexity index is 10.8. The number of halogens is 2. The van der Waals surface area contributed by atoms with Gasteiger partial charge >= 0.3 is 45.6 Å². The molecule has 0 aliphatic carbocycles. The molecule has 0 aromatic rings. The van der Waals surface area contributed by atoms with Crippen molar-refractivity contribution in [3.05, 3.63) is 0 Å². The summed E-state index contributed by atoms with van der Waals surface area (Å²) in [5.74, 6) is 0. The zero-order valence-corrected chi connectivity index (χ0v) is 4.59. The Balaban J connectivity index is 2.32. The van der Waals surface area contributed by atoms with Crippen LogP contribution in [0.2, 0.25) is 0 Å². The Labute approximate surface area is 45.8 Å². The molecule has 0 fully saturated rings. The molecule has 1 nitrogen and oxygen atoms in total. The Morgan fingerprint density at radius 3 is 1.50 bits per heavy atom. The standard InChI is InChI=1S/Cl2N.Pd/c1-3-2;/q-1;+1. The zero-order chi connectivity index (χ0) is 3.58. The first-order chi connectivity index (χ1) is 1.73. The molecule has 0 atom stereocenters. The van der Waals surface area contributed by atoms with Gasteiger partial charge in [0.15, 0.2) is 0 Å². The van der Waals surface area contributed by atoms with Crippen molar-refractivity contribution in [2.45, 2.75) is 0 Å². The fraction of sp³-hybridized carbons (Fsp3) is 0. The van der Waals surface area contributed by atoms with Crippen LogP contribution in [0.4, 0.5) is 0 Å². The molecule has 4 heteroatoms. The third kappa shape index (κ3) is 10.7. The number of hydrogen-bond donors (Lipinski definition) is 0. The molecule has 0 saturated heterocycles. The molecular weight excluding hydrogens is 191 g/mol. The van der Waals surface area contributed by atoms with Gasteiger partial charge in [-0.3, -0.25) is 0 Å². The monoisotopic (exact) mass is 190 g/mol. The van der Waals surface area contributed by atoms with Crippen LogP contribution in [0.15, 0.2) is 0 Å². The molecule has 0 aromatic heterocycles. The summed E-state index contributed by atoms with van der Waals surface area (Å²) in [6, 6.07) is 0. The second-order valence-corrected chi connectivity index (χ2v) is 2.47. The summed E-state index contributed by atoms with van der Waals surface area (Å²) in [7, 11) is 0. The average molecular weight is 191 g/mol. The molecule has 0 aliphatic rings. The van der Waals surface area contributed by atoms with E-state index < -0.39 is 0 Å². The van der Waals surface area contributed by atoms with E-state index in [1.165, 1.54) is 0 Å². The molecule has 0 aromatic carbocycles. The first-order valence-corrected chi connectivity index (χ1v) is 1.85. The minimum absolute atomic E-state index is 0.794. The summed E-state index contributed by atoms with van der Waals surface area (Å²) in [4.78, 5) is 0. The van der Waals surface area contributed by atoms with E-state index in [0.29, 0.717) is 0 Å². The Hall–Kier alpha value is 1.20. The van der Waals surface area contributed by atoms with Crippen LogP contribution in [0.5, 0.6) is 0 Å². The molecule has 0 amide bonds. The van der Waals surface area contributed by atoms with Gasteiger partial charge in [-0.05, 0) is 0 Å². The molecule has 0 rings (SSSR count). The van der Waals surface area contributed by atoms with E-state index in [1.807, 2.05) is 0 Å². The third-order valence-corrected chi connectivity index (χ3v) is 0. The van der Waals surface area contributed by atoms with Gasteiger partial charge in [-0.25, -0.2) is 0 Å². The predicted molar refractivity (Wildman–Crippen MR) is 13.5 cm³/mol. The van der Waals surface area contributed by atoms with Crippen LogP contribution in [-0.4, -0.2) is 2.57 Å². The number of rotatable bonds is 0. The van der Waals surface area contributed by atoms with Gasteiger partial charge < -0.3 is 0 Å². The third-order valence-electron chi connectivity index (χ3n) is 0. The quantitative estimate of drug-likeness (QED) is 0.409. The van der Waals surface area contributed by atoms with E-state index in [1.54, 1.807) is 0 Å². The van der Waals surface area contributed by atoms with Crippen molar-refractivity contribution in [2.75, 3.05) is 0 Å². The van der Waals surface area contributed by atoms with Crippen LogP contribution in [0, 0.1) is 0 Å². The molecule has 4 heavy (non-hydrogen) atoms. The maximum atomic E-state index is 4.81. The summed E-state index contributed by atoms with van der Waals surface area (Å²) >= 11 is 12.0. The van der Waals surface area contributed by atoms with Gasteiger partial charge in [0.1, 0.15) is 0 Å². The summed E-state index contributed by atoms with van der Waals surface area (Å²) in [5, 5.41) is 0. The fourth-order valence-electron chi connectivity index (χ4n) is 0. The second kappa shape index (κ2) is 2.44. The SMILES string of the molecule is Cl[N](Cl)[Pd]. The van der Waals surface area contributed by atoms with E-state index in [9.17, 15) is 0 Å². The van der Waals surface area contributed by atoms with Crippen molar-refractivity contribution < 1.29 is 19.4 Å². The predicted octanol–water partition coefficient (Wildman–Crippen LogP) is 1.06. The Morgan fingerprint density at radius 1 is 1.50 bits per heavy atom. The zero-order valence-electron chi connectivity index (χ0n) is 1.52. The molecule has 0 bridgehead atoms. The van der Waals surface area contributed by atoms with Crippen molar-refractivity contribution >= 4 is 23.6 Å². The van der Waals surface area contributed by atoms with Gasteiger partial charge in [0.25, 0.3) is 0 Å². The Morgan fingerprint density at radius 2 is 1.50 bits per heavy atom. The minimum atomic E-state index is 0.794. The fourth-order valence-corrected chi connectivity index (χ4v) is 0. The van der Waals surface area contributed by atoms with E-state index in [4.69, 9.17) is 23.6 Å². The van der Waals surface area contributed by atoms with Crippen molar-refractivity contribution in [1.29, 1.82) is 0 Å². The van der Waals surface area contributed by atoms with Gasteiger partial charge in [-0.2, -0.15) is 0 Å². The average Bonchev–Trinajstić information content (AvgIpc) is 0.811. The Kier molecular flexibility index (Phi) is 3.17. The molecule has 0 spiro atoms. The summed E-state index contributed by atoms with van der Waals surface area (Å²) < 4.78 is 0.794. The number of nitrogens with zero attached hydrogens (tertiary/aromatic N) is 1. The van der Waals surface area contributed by atoms with Crippen molar-refractivity contribution in [3.63, 3.8) is 0 Å². The van der Waals surface area contributed by atoms with Crippen LogP contribution in [0.25, 0.3) is 0 Å². The molecule has 0 saturated carbocycles. The van der Waals surface area contributed by atoms with E-state index in [2.05, 4.69) is 19.4 Å². The van der Waals surface area contributed by atoms with Crippen LogP contribution < -0.4 is 0 Å². The molecule has 0 heterocycles. The van der Waals surface area contributed by atoms with E-state index >= 15 is 0 Å². The first-order valence-electron chi connectivity index (χ1n) is 0.479. The van der Waals surface area contributed by atoms with Crippen LogP contribution in [0.1, 0.15) is 0 Å². The van der Waals surface area contributed by atoms with Crippen molar-refractivity contribution in [1.82, 2.24) is 2.57 Å². The van der Waals surface area contributed by atoms with E-state index in [0.717, 1.165) is 2.57 Å². The molecule has 0 radical (unpaired) electrons. The number of hydrogen-bond acceptors (Lipinski definition) is 1. The molecule has 0 N–H and O–H groups in total. The first kappa shape index (κ1) is 5.20. The second-order valence-electron chi connectivity index (χ2n) is 0.171. The van der Waals surface area contributed by atoms with Crippen LogP contribution in [-0.2, 0) is 19.4 Å². The summed E-state index contributed by atoms with van der Waals surface area (Å²) in [6.45, 7) is 0. The summed E-state index contributed by atoms with van der Waals surface area (Å²) in [6.07, 6.45) is 0. The van der Waals surface area contributed by atoms with Crippen LogP contribution in [0.3, 0.4) is 0 Å². The topological polar surface area (TPSA) is 3.24 Å². The van der Waals surface area contributed by atoms with Gasteiger partial charge in [-0.1, -0.05) is 0 Å². The summed E-state index contributed by atoms with van der Waals surface area (Å²) in [5.41, 5.74) is 0. The van der Waals surface area contributed by atoms with Crippen molar-refractivity contribution in [2.24, 2.45) is 0 Å². The van der Waals surface area contributed by atoms with Gasteiger partial charge in [0.2, 0.25) is 0 Å². The maximum absolute atomic E-state index is 4.81.